The van der Waals surface area contributed by atoms with Gasteiger partial charge < -0.3 is 0 Å². The predicted molar refractivity (Wildman–Crippen MR) is 52.6 cm³/mol. The van der Waals surface area contributed by atoms with Gasteiger partial charge in [0, 0.05) is 9.37 Å². The van der Waals surface area contributed by atoms with Gasteiger partial charge in [-0.2, -0.15) is 12.0 Å². The average Bonchev–Trinajstić information content (AvgIpc) is 2.02. The van der Waals surface area contributed by atoms with Gasteiger partial charge >= 0.3 is 10.4 Å². The van der Waals surface area contributed by atoms with Crippen LogP contribution in [0, 0.1) is 0 Å². The highest BCUT2D eigenvalue weighted by Gasteiger charge is 2.05. The molecule has 0 heterocycles. The molecule has 0 saturated carbocycles. The van der Waals surface area contributed by atoms with Gasteiger partial charge in [0.25, 0.3) is 0 Å². The van der Waals surface area contributed by atoms with Gasteiger partial charge in [-0.1, -0.05) is 15.9 Å². The van der Waals surface area contributed by atoms with Crippen LogP contribution < -0.4 is 0 Å². The number of hydrogen-bond acceptors (Lipinski definition) is 4. The Labute approximate surface area is 88.6 Å². The second-order valence-electron chi connectivity index (χ2n) is 2.03. The highest BCUT2D eigenvalue weighted by molar-refractivity contribution is 9.10. The third kappa shape index (κ3) is 4.63. The van der Waals surface area contributed by atoms with Crippen molar-refractivity contribution in [2.75, 3.05) is 0 Å². The monoisotopic (exact) mass is 284 g/mol. The molecule has 0 bridgehead atoms. The van der Waals surface area contributed by atoms with Gasteiger partial charge in [0.1, 0.15) is 0 Å². The third-order valence-electron chi connectivity index (χ3n) is 1.03. The van der Waals surface area contributed by atoms with Gasteiger partial charge in [0.15, 0.2) is 0 Å². The van der Waals surface area contributed by atoms with Crippen molar-refractivity contribution in [2.45, 2.75) is 4.90 Å². The van der Waals surface area contributed by atoms with Crippen LogP contribution >= 0.6 is 28.0 Å². The van der Waals surface area contributed by atoms with Crippen LogP contribution in [0.4, 0.5) is 0 Å². The van der Waals surface area contributed by atoms with Crippen molar-refractivity contribution in [1.29, 1.82) is 0 Å². The molecule has 0 aliphatic rings. The number of halogens is 1. The van der Waals surface area contributed by atoms with Gasteiger partial charge in [-0.25, -0.2) is 0 Å². The fourth-order valence-corrected chi connectivity index (χ4v) is 1.74. The van der Waals surface area contributed by atoms with E-state index in [9.17, 15) is 8.42 Å². The summed E-state index contributed by atoms with van der Waals surface area (Å²) >= 11 is 3.80. The molecule has 13 heavy (non-hydrogen) atoms. The number of rotatable bonds is 3. The van der Waals surface area contributed by atoms with E-state index >= 15 is 0 Å². The lowest BCUT2D eigenvalue weighted by Crippen LogP contribution is -1.96. The second kappa shape index (κ2) is 4.43. The summed E-state index contributed by atoms with van der Waals surface area (Å²) in [5, 5.41) is 0. The molecule has 1 aromatic rings. The van der Waals surface area contributed by atoms with E-state index in [2.05, 4.69) is 19.6 Å². The topological polar surface area (TPSA) is 63.6 Å². The van der Waals surface area contributed by atoms with Crippen LogP contribution in [0.25, 0.3) is 0 Å². The molecule has 0 fully saturated rings. The minimum atomic E-state index is -4.38. The quantitative estimate of drug-likeness (QED) is 0.681. The smallest absolute Gasteiger partial charge is 0.263 e. The van der Waals surface area contributed by atoms with E-state index in [-0.39, 0.29) is 0 Å². The Kier molecular flexibility index (Phi) is 3.74. The number of hydrogen-bond donors (Lipinski definition) is 1. The zero-order chi connectivity index (χ0) is 9.90. The van der Waals surface area contributed by atoms with E-state index in [4.69, 9.17) is 4.55 Å². The van der Waals surface area contributed by atoms with Crippen molar-refractivity contribution in [3.63, 3.8) is 0 Å². The highest BCUT2D eigenvalue weighted by atomic mass is 79.9. The Morgan fingerprint density at radius 2 is 1.85 bits per heavy atom. The van der Waals surface area contributed by atoms with Crippen molar-refractivity contribution in [1.82, 2.24) is 0 Å². The summed E-state index contributed by atoms with van der Waals surface area (Å²) in [6.45, 7) is 0. The molecule has 0 aromatic heterocycles. The fraction of sp³-hybridized carbons (Fsp3) is 0. The maximum absolute atomic E-state index is 10.2. The summed E-state index contributed by atoms with van der Waals surface area (Å²) in [6, 6.07) is 6.77. The molecule has 0 saturated heterocycles. The van der Waals surface area contributed by atoms with E-state index in [0.29, 0.717) is 16.9 Å². The maximum Gasteiger partial charge on any atom is 0.408 e. The molecule has 1 N–H and O–H groups in total. The van der Waals surface area contributed by atoms with Crippen molar-refractivity contribution >= 4 is 38.4 Å². The molecule has 0 atom stereocenters. The average molecular weight is 285 g/mol. The highest BCUT2D eigenvalue weighted by Crippen LogP contribution is 2.22. The molecule has 1 rings (SSSR count). The normalized spacial score (nSPS) is 11.5. The van der Waals surface area contributed by atoms with Crippen molar-refractivity contribution in [3.8, 4) is 0 Å². The zero-order valence-electron chi connectivity index (χ0n) is 6.18. The first-order chi connectivity index (χ1) is 5.97. The van der Waals surface area contributed by atoms with Crippen molar-refractivity contribution in [2.24, 2.45) is 0 Å². The predicted octanol–water partition coefficient (Wildman–Crippen LogP) is 2.28. The van der Waals surface area contributed by atoms with Gasteiger partial charge in [-0.3, -0.25) is 4.55 Å². The second-order valence-corrected chi connectivity index (χ2v) is 4.99. The summed E-state index contributed by atoms with van der Waals surface area (Å²) in [5.74, 6) is 0. The summed E-state index contributed by atoms with van der Waals surface area (Å²) < 4.78 is 33.6. The molecule has 0 spiro atoms. The van der Waals surface area contributed by atoms with Crippen LogP contribution in [-0.2, 0) is 14.0 Å². The Balaban J connectivity index is 2.61. The van der Waals surface area contributed by atoms with E-state index in [1.54, 1.807) is 24.3 Å². The van der Waals surface area contributed by atoms with E-state index < -0.39 is 10.4 Å². The van der Waals surface area contributed by atoms with Crippen LogP contribution in [0.5, 0.6) is 0 Å². The molecule has 4 nitrogen and oxygen atoms in total. The first kappa shape index (κ1) is 11.0. The summed E-state index contributed by atoms with van der Waals surface area (Å²) in [5.41, 5.74) is 0. The molecule has 7 heteroatoms. The lowest BCUT2D eigenvalue weighted by molar-refractivity contribution is 0.407. The van der Waals surface area contributed by atoms with Gasteiger partial charge in [0.2, 0.25) is 0 Å². The number of benzene rings is 1. The summed E-state index contributed by atoms with van der Waals surface area (Å²) in [7, 11) is -4.38. The van der Waals surface area contributed by atoms with Crippen LogP contribution in [0.3, 0.4) is 0 Å². The van der Waals surface area contributed by atoms with Crippen LogP contribution in [-0.4, -0.2) is 13.0 Å². The first-order valence-corrected chi connectivity index (χ1v) is 5.96. The first-order valence-electron chi connectivity index (χ1n) is 3.06. The summed E-state index contributed by atoms with van der Waals surface area (Å²) in [6.07, 6.45) is 0. The summed E-state index contributed by atoms with van der Waals surface area (Å²) in [4.78, 5) is 0.584. The van der Waals surface area contributed by atoms with E-state index in [1.165, 1.54) is 0 Å². The molecule has 0 aliphatic carbocycles. The molecule has 1 aromatic carbocycles. The van der Waals surface area contributed by atoms with Gasteiger partial charge in [0.05, 0.1) is 12.0 Å². The lowest BCUT2D eigenvalue weighted by atomic mass is 10.4. The standard InChI is InChI=1S/C6H5BrO4S2/c7-5-1-3-6(4-2-5)12-11-13(8,9)10/h1-4H,(H,8,9,10). The third-order valence-corrected chi connectivity index (χ3v) is 2.98. The Morgan fingerprint density at radius 3 is 2.31 bits per heavy atom. The molecular formula is C6H5BrO4S2. The Bertz CT molecular complexity index is 372. The van der Waals surface area contributed by atoms with Crippen LogP contribution in [0.15, 0.2) is 33.6 Å². The van der Waals surface area contributed by atoms with Crippen LogP contribution in [0.2, 0.25) is 0 Å². The lowest BCUT2D eigenvalue weighted by Gasteiger charge is -1.97. The minimum Gasteiger partial charge on any atom is -0.263 e. The van der Waals surface area contributed by atoms with Crippen molar-refractivity contribution < 1.29 is 16.6 Å². The Hall–Kier alpha value is -0.0800. The van der Waals surface area contributed by atoms with Crippen molar-refractivity contribution in [3.05, 3.63) is 28.7 Å². The van der Waals surface area contributed by atoms with E-state index in [1.807, 2.05) is 0 Å². The molecular weight excluding hydrogens is 280 g/mol. The van der Waals surface area contributed by atoms with Crippen LogP contribution in [0.1, 0.15) is 0 Å². The molecule has 0 amide bonds. The fourth-order valence-electron chi connectivity index (χ4n) is 0.572. The largest absolute Gasteiger partial charge is 0.408 e. The molecule has 0 unspecified atom stereocenters. The molecule has 72 valence electrons. The Morgan fingerprint density at radius 1 is 1.31 bits per heavy atom. The SMILES string of the molecule is O=S(=O)(O)OSc1ccc(Br)cc1. The zero-order valence-corrected chi connectivity index (χ0v) is 9.39. The van der Waals surface area contributed by atoms with Gasteiger partial charge in [-0.05, 0) is 24.3 Å². The van der Waals surface area contributed by atoms with Gasteiger partial charge in [-0.15, -0.1) is 0 Å². The van der Waals surface area contributed by atoms with E-state index in [0.717, 1.165) is 4.47 Å². The minimum absolute atomic E-state index is 0.577. The molecule has 0 radical (unpaired) electrons. The molecule has 0 aliphatic heterocycles. The maximum atomic E-state index is 10.2.